The highest BCUT2D eigenvalue weighted by Gasteiger charge is 2.71. The Morgan fingerprint density at radius 1 is 1.29 bits per heavy atom. The van der Waals surface area contributed by atoms with Gasteiger partial charge in [-0.05, 0) is 31.2 Å². The average Bonchev–Trinajstić information content (AvgIpc) is 2.99. The van der Waals surface area contributed by atoms with Crippen LogP contribution in [0.5, 0.6) is 0 Å². The van der Waals surface area contributed by atoms with Crippen molar-refractivity contribution in [2.24, 2.45) is 17.3 Å². The number of aryl methyl sites for hydroxylation is 1. The molecule has 154 valence electrons. The van der Waals surface area contributed by atoms with Crippen LogP contribution < -0.4 is 0 Å². The van der Waals surface area contributed by atoms with E-state index < -0.39 is 40.9 Å². The minimum atomic E-state index is -2.06. The second kappa shape index (κ2) is 6.72. The lowest BCUT2D eigenvalue weighted by Gasteiger charge is -2.58. The summed E-state index contributed by atoms with van der Waals surface area (Å²) in [6, 6.07) is 0. The Hall–Kier alpha value is -2.15. The minimum Gasteiger partial charge on any atom is -0.460 e. The molecule has 28 heavy (non-hydrogen) atoms. The van der Waals surface area contributed by atoms with Gasteiger partial charge in [0.1, 0.15) is 12.2 Å². The second-order valence-corrected chi connectivity index (χ2v) is 8.59. The summed E-state index contributed by atoms with van der Waals surface area (Å²) in [5, 5.41) is 11.8. The van der Waals surface area contributed by atoms with E-state index in [0.29, 0.717) is 24.0 Å². The van der Waals surface area contributed by atoms with Crippen LogP contribution in [0.4, 0.5) is 0 Å². The first-order valence-electron chi connectivity index (χ1n) is 9.69. The van der Waals surface area contributed by atoms with Gasteiger partial charge in [-0.2, -0.15) is 0 Å². The molecule has 2 aliphatic rings. The fourth-order valence-corrected chi connectivity index (χ4v) is 4.69. The van der Waals surface area contributed by atoms with Gasteiger partial charge < -0.3 is 19.0 Å². The van der Waals surface area contributed by atoms with E-state index in [9.17, 15) is 19.5 Å². The third-order valence-electron chi connectivity index (χ3n) is 6.57. The molecule has 0 spiro atoms. The SMILES string of the molecule is CC(=O)OC1CCC(C)C2(C)C(OC(=O)C(C)C)c3c(C)coc3C(=O)C12O. The van der Waals surface area contributed by atoms with Crippen LogP contribution in [0.1, 0.15) is 75.2 Å². The Morgan fingerprint density at radius 3 is 2.50 bits per heavy atom. The Bertz CT molecular complexity index is 823. The number of fused-ring (bicyclic) bond motifs is 2. The standard InChI is InChI=1S/C21H28O7/c1-10(2)19(24)28-18-15-11(3)9-26-16(15)17(23)21(25)14(27-13(5)22)8-7-12(4)20(18,21)6/h9-10,12,14,18,25H,7-8H2,1-6H3. The van der Waals surface area contributed by atoms with Crippen molar-refractivity contribution >= 4 is 17.7 Å². The average molecular weight is 392 g/mol. The van der Waals surface area contributed by atoms with Crippen molar-refractivity contribution in [3.63, 3.8) is 0 Å². The van der Waals surface area contributed by atoms with E-state index in [1.54, 1.807) is 27.7 Å². The van der Waals surface area contributed by atoms with Gasteiger partial charge in [0, 0.05) is 12.5 Å². The lowest BCUT2D eigenvalue weighted by molar-refractivity contribution is -0.231. The lowest BCUT2D eigenvalue weighted by Crippen LogP contribution is -2.70. The molecule has 0 bridgehead atoms. The Labute approximate surface area is 164 Å². The molecule has 0 radical (unpaired) electrons. The first-order chi connectivity index (χ1) is 13.0. The largest absolute Gasteiger partial charge is 0.460 e. The molecule has 5 unspecified atom stereocenters. The van der Waals surface area contributed by atoms with Crippen LogP contribution in [0.25, 0.3) is 0 Å². The number of Topliss-reactive ketones (excluding diaryl/α,β-unsaturated/α-hetero) is 1. The van der Waals surface area contributed by atoms with Crippen LogP contribution in [0.15, 0.2) is 10.7 Å². The molecule has 1 aromatic heterocycles. The molecule has 0 amide bonds. The van der Waals surface area contributed by atoms with E-state index in [4.69, 9.17) is 13.9 Å². The number of rotatable bonds is 3. The molecule has 1 saturated carbocycles. The molecule has 7 heteroatoms. The number of aliphatic hydroxyl groups is 1. The van der Waals surface area contributed by atoms with Gasteiger partial charge in [0.2, 0.25) is 5.78 Å². The molecule has 1 N–H and O–H groups in total. The predicted octanol–water partition coefficient (Wildman–Crippen LogP) is 3.12. The summed E-state index contributed by atoms with van der Waals surface area (Å²) in [6.45, 7) is 10.1. The van der Waals surface area contributed by atoms with Crippen LogP contribution in [0, 0.1) is 24.2 Å². The van der Waals surface area contributed by atoms with E-state index in [2.05, 4.69) is 0 Å². The predicted molar refractivity (Wildman–Crippen MR) is 98.5 cm³/mol. The summed E-state index contributed by atoms with van der Waals surface area (Å²) >= 11 is 0. The zero-order valence-electron chi connectivity index (χ0n) is 17.2. The maximum absolute atomic E-state index is 13.4. The van der Waals surface area contributed by atoms with Crippen molar-refractivity contribution in [1.29, 1.82) is 0 Å². The Morgan fingerprint density at radius 2 is 1.93 bits per heavy atom. The number of ketones is 1. The Kier molecular flexibility index (Phi) is 4.94. The van der Waals surface area contributed by atoms with Crippen molar-refractivity contribution in [2.75, 3.05) is 0 Å². The molecule has 0 aromatic carbocycles. The van der Waals surface area contributed by atoms with Gasteiger partial charge >= 0.3 is 11.9 Å². The molecule has 1 heterocycles. The van der Waals surface area contributed by atoms with Crippen LogP contribution in [0.2, 0.25) is 0 Å². The fourth-order valence-electron chi connectivity index (χ4n) is 4.69. The van der Waals surface area contributed by atoms with Gasteiger partial charge in [-0.1, -0.05) is 27.7 Å². The van der Waals surface area contributed by atoms with E-state index in [1.165, 1.54) is 13.2 Å². The van der Waals surface area contributed by atoms with Gasteiger partial charge in [-0.25, -0.2) is 0 Å². The zero-order chi connectivity index (χ0) is 21.0. The van der Waals surface area contributed by atoms with Crippen molar-refractivity contribution in [1.82, 2.24) is 0 Å². The number of carbonyl (C=O) groups excluding carboxylic acids is 3. The number of hydrogen-bond acceptors (Lipinski definition) is 7. The quantitative estimate of drug-likeness (QED) is 0.788. The van der Waals surface area contributed by atoms with Gasteiger partial charge in [0.25, 0.3) is 0 Å². The molecule has 3 rings (SSSR count). The monoisotopic (exact) mass is 392 g/mol. The van der Waals surface area contributed by atoms with Gasteiger partial charge in [-0.3, -0.25) is 14.4 Å². The third-order valence-corrected chi connectivity index (χ3v) is 6.57. The summed E-state index contributed by atoms with van der Waals surface area (Å²) in [7, 11) is 0. The number of carbonyl (C=O) groups is 3. The van der Waals surface area contributed by atoms with Gasteiger partial charge in [0.15, 0.2) is 11.4 Å². The maximum atomic E-state index is 13.4. The highest BCUT2D eigenvalue weighted by Crippen LogP contribution is 2.61. The molecular formula is C21H28O7. The summed E-state index contributed by atoms with van der Waals surface area (Å²) < 4.78 is 16.7. The zero-order valence-corrected chi connectivity index (χ0v) is 17.2. The molecule has 2 aliphatic carbocycles. The van der Waals surface area contributed by atoms with Crippen molar-refractivity contribution in [2.45, 2.75) is 72.2 Å². The first kappa shape index (κ1) is 20.6. The number of ether oxygens (including phenoxy) is 2. The lowest BCUT2D eigenvalue weighted by atomic mass is 9.50. The molecule has 1 fully saturated rings. The normalized spacial score (nSPS) is 34.6. The van der Waals surface area contributed by atoms with Crippen LogP contribution in [-0.4, -0.2) is 34.5 Å². The highest BCUT2D eigenvalue weighted by molar-refractivity contribution is 6.04. The molecule has 0 saturated heterocycles. The molecule has 5 atom stereocenters. The van der Waals surface area contributed by atoms with Crippen LogP contribution >= 0.6 is 0 Å². The van der Waals surface area contributed by atoms with Gasteiger partial charge in [0.05, 0.1) is 17.6 Å². The summed E-state index contributed by atoms with van der Waals surface area (Å²) in [4.78, 5) is 37.6. The Balaban J connectivity index is 2.24. The number of esters is 2. The van der Waals surface area contributed by atoms with Crippen molar-refractivity contribution in [3.05, 3.63) is 23.2 Å². The number of furan rings is 1. The smallest absolute Gasteiger partial charge is 0.309 e. The van der Waals surface area contributed by atoms with E-state index in [0.717, 1.165) is 0 Å². The topological polar surface area (TPSA) is 103 Å². The van der Waals surface area contributed by atoms with Crippen LogP contribution in [-0.2, 0) is 19.1 Å². The second-order valence-electron chi connectivity index (χ2n) is 8.59. The van der Waals surface area contributed by atoms with Crippen molar-refractivity contribution in [3.8, 4) is 0 Å². The molecule has 0 aliphatic heterocycles. The van der Waals surface area contributed by atoms with E-state index in [1.807, 2.05) is 6.92 Å². The third kappa shape index (κ3) is 2.63. The van der Waals surface area contributed by atoms with Crippen LogP contribution in [0.3, 0.4) is 0 Å². The molecular weight excluding hydrogens is 364 g/mol. The van der Waals surface area contributed by atoms with E-state index >= 15 is 0 Å². The molecule has 7 nitrogen and oxygen atoms in total. The summed E-state index contributed by atoms with van der Waals surface area (Å²) in [6.07, 6.45) is 0.420. The van der Waals surface area contributed by atoms with Crippen molar-refractivity contribution < 1.29 is 33.4 Å². The molecule has 1 aromatic rings. The fraction of sp³-hybridized carbons (Fsp3) is 0.667. The first-order valence-corrected chi connectivity index (χ1v) is 9.69. The highest BCUT2D eigenvalue weighted by atomic mass is 16.6. The minimum absolute atomic E-state index is 0.0368. The summed E-state index contributed by atoms with van der Waals surface area (Å²) in [5.41, 5.74) is -2.08. The van der Waals surface area contributed by atoms with Gasteiger partial charge in [-0.15, -0.1) is 0 Å². The maximum Gasteiger partial charge on any atom is 0.309 e. The number of hydrogen-bond donors (Lipinski definition) is 1. The summed E-state index contributed by atoms with van der Waals surface area (Å²) in [5.74, 6) is -2.25. The van der Waals surface area contributed by atoms with E-state index in [-0.39, 0.29) is 17.6 Å².